The zero-order chi connectivity index (χ0) is 15.0. The number of carboxylic acids is 1. The van der Waals surface area contributed by atoms with Gasteiger partial charge in [-0.3, -0.25) is 0 Å². The Bertz CT molecular complexity index is 811. The Kier molecular flexibility index (Phi) is 3.92. The molecular weight excluding hydrogens is 422 g/mol. The standard InChI is InChI=1S/C13H7Br2N3O2S/c14-7-1-2-11(16-4-7)18-5-9(13(19)20)12(17-18)10-3-8(15)6-21-10/h1-6H,(H,19,20). The first-order valence-corrected chi connectivity index (χ1v) is 8.20. The van der Waals surface area contributed by atoms with Crippen molar-refractivity contribution in [3.05, 3.63) is 50.5 Å². The fourth-order valence-electron chi connectivity index (χ4n) is 1.77. The SMILES string of the molecule is O=C(O)c1cn(-c2ccc(Br)cn2)nc1-c1cc(Br)cs1. The van der Waals surface area contributed by atoms with Crippen LogP contribution in [0.15, 0.2) is 44.9 Å². The normalized spacial score (nSPS) is 10.8. The molecule has 0 aliphatic rings. The molecule has 0 bridgehead atoms. The highest BCUT2D eigenvalue weighted by Gasteiger charge is 2.19. The first kappa shape index (κ1) is 14.4. The van der Waals surface area contributed by atoms with E-state index in [1.807, 2.05) is 17.5 Å². The van der Waals surface area contributed by atoms with Gasteiger partial charge in [0.15, 0.2) is 5.82 Å². The molecule has 0 unspecified atom stereocenters. The molecule has 3 rings (SSSR count). The Labute approximate surface area is 140 Å². The van der Waals surface area contributed by atoms with Crippen LogP contribution in [0.4, 0.5) is 0 Å². The summed E-state index contributed by atoms with van der Waals surface area (Å²) >= 11 is 8.10. The lowest BCUT2D eigenvalue weighted by Crippen LogP contribution is -1.97. The lowest BCUT2D eigenvalue weighted by Gasteiger charge is -1.99. The van der Waals surface area contributed by atoms with E-state index in [1.54, 1.807) is 12.3 Å². The number of nitrogens with zero attached hydrogens (tertiary/aromatic N) is 3. The number of hydrogen-bond acceptors (Lipinski definition) is 4. The largest absolute Gasteiger partial charge is 0.478 e. The molecule has 0 atom stereocenters. The van der Waals surface area contributed by atoms with Crippen molar-refractivity contribution in [1.29, 1.82) is 0 Å². The topological polar surface area (TPSA) is 68.0 Å². The number of carbonyl (C=O) groups is 1. The summed E-state index contributed by atoms with van der Waals surface area (Å²) < 4.78 is 3.22. The van der Waals surface area contributed by atoms with E-state index in [4.69, 9.17) is 0 Å². The Balaban J connectivity index is 2.12. The van der Waals surface area contributed by atoms with Gasteiger partial charge in [-0.2, -0.15) is 5.10 Å². The Hall–Kier alpha value is -1.51. The second-order valence-electron chi connectivity index (χ2n) is 4.10. The summed E-state index contributed by atoms with van der Waals surface area (Å²) in [5.41, 5.74) is 0.581. The zero-order valence-electron chi connectivity index (χ0n) is 10.3. The maximum absolute atomic E-state index is 11.4. The summed E-state index contributed by atoms with van der Waals surface area (Å²) in [5, 5.41) is 15.6. The van der Waals surface area contributed by atoms with Crippen LogP contribution in [0.25, 0.3) is 16.4 Å². The van der Waals surface area contributed by atoms with E-state index in [1.165, 1.54) is 22.2 Å². The van der Waals surface area contributed by atoms with Crippen molar-refractivity contribution in [1.82, 2.24) is 14.8 Å². The van der Waals surface area contributed by atoms with E-state index in [2.05, 4.69) is 41.9 Å². The van der Waals surface area contributed by atoms with Crippen LogP contribution >= 0.6 is 43.2 Å². The Morgan fingerprint density at radius 3 is 2.67 bits per heavy atom. The average Bonchev–Trinajstić information content (AvgIpc) is 3.05. The number of thiophene rings is 1. The van der Waals surface area contributed by atoms with Crippen molar-refractivity contribution in [2.45, 2.75) is 0 Å². The molecule has 0 radical (unpaired) electrons. The average molecular weight is 429 g/mol. The molecule has 0 aromatic carbocycles. The van der Waals surface area contributed by atoms with Gasteiger partial charge in [0.05, 0.1) is 4.88 Å². The number of halogens is 2. The van der Waals surface area contributed by atoms with Crippen molar-refractivity contribution in [2.24, 2.45) is 0 Å². The van der Waals surface area contributed by atoms with E-state index in [0.717, 1.165) is 13.8 Å². The maximum Gasteiger partial charge on any atom is 0.339 e. The molecule has 0 aliphatic heterocycles. The van der Waals surface area contributed by atoms with Crippen LogP contribution in [0.5, 0.6) is 0 Å². The molecule has 0 amide bonds. The molecule has 5 nitrogen and oxygen atoms in total. The van der Waals surface area contributed by atoms with Crippen molar-refractivity contribution in [2.75, 3.05) is 0 Å². The smallest absolute Gasteiger partial charge is 0.339 e. The van der Waals surface area contributed by atoms with E-state index < -0.39 is 5.97 Å². The quantitative estimate of drug-likeness (QED) is 0.678. The van der Waals surface area contributed by atoms with Crippen LogP contribution in [-0.4, -0.2) is 25.8 Å². The predicted octanol–water partition coefficient (Wildman–Crippen LogP) is 4.22. The first-order valence-electron chi connectivity index (χ1n) is 5.74. The monoisotopic (exact) mass is 427 g/mol. The highest BCUT2D eigenvalue weighted by atomic mass is 79.9. The summed E-state index contributed by atoms with van der Waals surface area (Å²) in [6, 6.07) is 5.43. The second kappa shape index (κ2) is 5.70. The summed E-state index contributed by atoms with van der Waals surface area (Å²) in [5.74, 6) is -0.458. The highest BCUT2D eigenvalue weighted by molar-refractivity contribution is 9.10. The van der Waals surface area contributed by atoms with Crippen LogP contribution < -0.4 is 0 Å². The third-order valence-corrected chi connectivity index (χ3v) is 4.86. The van der Waals surface area contributed by atoms with Gasteiger partial charge in [0.25, 0.3) is 0 Å². The molecular formula is C13H7Br2N3O2S. The minimum atomic E-state index is -1.02. The Morgan fingerprint density at radius 2 is 2.10 bits per heavy atom. The molecule has 8 heteroatoms. The van der Waals surface area contributed by atoms with Crippen molar-refractivity contribution in [3.63, 3.8) is 0 Å². The maximum atomic E-state index is 11.4. The molecule has 0 spiro atoms. The minimum absolute atomic E-state index is 0.147. The number of aromatic carboxylic acids is 1. The van der Waals surface area contributed by atoms with Gasteiger partial charge in [0.1, 0.15) is 11.3 Å². The molecule has 3 aromatic heterocycles. The van der Waals surface area contributed by atoms with Gasteiger partial charge in [0, 0.05) is 26.7 Å². The molecule has 0 saturated heterocycles. The third kappa shape index (κ3) is 2.92. The molecule has 0 fully saturated rings. The van der Waals surface area contributed by atoms with Gasteiger partial charge in [0.2, 0.25) is 0 Å². The number of hydrogen-bond donors (Lipinski definition) is 1. The lowest BCUT2D eigenvalue weighted by atomic mass is 10.2. The molecule has 21 heavy (non-hydrogen) atoms. The molecule has 0 aliphatic carbocycles. The summed E-state index contributed by atoms with van der Waals surface area (Å²) in [4.78, 5) is 16.4. The molecule has 0 saturated carbocycles. The van der Waals surface area contributed by atoms with Crippen LogP contribution in [0, 0.1) is 0 Å². The number of carboxylic acid groups (broad SMARTS) is 1. The van der Waals surface area contributed by atoms with Crippen LogP contribution in [-0.2, 0) is 0 Å². The van der Waals surface area contributed by atoms with Gasteiger partial charge in [-0.15, -0.1) is 11.3 Å². The summed E-state index contributed by atoms with van der Waals surface area (Å²) in [7, 11) is 0. The van der Waals surface area contributed by atoms with Gasteiger partial charge < -0.3 is 5.11 Å². The molecule has 1 N–H and O–H groups in total. The minimum Gasteiger partial charge on any atom is -0.478 e. The van der Waals surface area contributed by atoms with E-state index in [-0.39, 0.29) is 5.56 Å². The Morgan fingerprint density at radius 1 is 1.29 bits per heavy atom. The summed E-state index contributed by atoms with van der Waals surface area (Å²) in [6.45, 7) is 0. The number of pyridine rings is 1. The van der Waals surface area contributed by atoms with Gasteiger partial charge in [-0.05, 0) is 50.1 Å². The van der Waals surface area contributed by atoms with E-state index in [9.17, 15) is 9.90 Å². The fraction of sp³-hybridized carbons (Fsp3) is 0. The highest BCUT2D eigenvalue weighted by Crippen LogP contribution is 2.31. The predicted molar refractivity (Wildman–Crippen MR) is 87.0 cm³/mol. The van der Waals surface area contributed by atoms with Crippen molar-refractivity contribution in [3.8, 4) is 16.4 Å². The van der Waals surface area contributed by atoms with Gasteiger partial charge in [-0.1, -0.05) is 0 Å². The van der Waals surface area contributed by atoms with E-state index in [0.29, 0.717) is 11.5 Å². The van der Waals surface area contributed by atoms with Crippen molar-refractivity contribution < 1.29 is 9.90 Å². The third-order valence-electron chi connectivity index (χ3n) is 2.69. The second-order valence-corrected chi connectivity index (χ2v) is 6.85. The van der Waals surface area contributed by atoms with Crippen LogP contribution in [0.2, 0.25) is 0 Å². The lowest BCUT2D eigenvalue weighted by molar-refractivity contribution is 0.0697. The van der Waals surface area contributed by atoms with Gasteiger partial charge >= 0.3 is 5.97 Å². The number of rotatable bonds is 3. The van der Waals surface area contributed by atoms with Crippen molar-refractivity contribution >= 4 is 49.2 Å². The molecule has 3 heterocycles. The van der Waals surface area contributed by atoms with Crippen LogP contribution in [0.3, 0.4) is 0 Å². The summed E-state index contributed by atoms with van der Waals surface area (Å²) in [6.07, 6.45) is 3.11. The van der Waals surface area contributed by atoms with Crippen LogP contribution in [0.1, 0.15) is 10.4 Å². The van der Waals surface area contributed by atoms with E-state index >= 15 is 0 Å². The first-order chi connectivity index (χ1) is 10.0. The number of aromatic nitrogens is 3. The molecule has 3 aromatic rings. The van der Waals surface area contributed by atoms with Gasteiger partial charge in [-0.25, -0.2) is 14.5 Å². The fourth-order valence-corrected chi connectivity index (χ4v) is 3.43. The zero-order valence-corrected chi connectivity index (χ0v) is 14.3. The molecule has 106 valence electrons.